The first-order valence-electron chi connectivity index (χ1n) is 5.39. The van der Waals surface area contributed by atoms with Crippen LogP contribution in [-0.4, -0.2) is 22.1 Å². The fourth-order valence-corrected chi connectivity index (χ4v) is 1.41. The lowest BCUT2D eigenvalue weighted by Crippen LogP contribution is -2.13. The van der Waals surface area contributed by atoms with Gasteiger partial charge in [-0.3, -0.25) is 5.43 Å². The Morgan fingerprint density at radius 1 is 1.30 bits per heavy atom. The average molecular weight is 275 g/mol. The van der Waals surface area contributed by atoms with E-state index in [-0.39, 0.29) is 23.5 Å². The molecule has 0 spiro atoms. The fraction of sp³-hybridized carbons (Fsp3) is 0.0909. The molecule has 1 aromatic heterocycles. The van der Waals surface area contributed by atoms with Gasteiger partial charge in [-0.15, -0.1) is 0 Å². The van der Waals surface area contributed by atoms with Gasteiger partial charge in [0.15, 0.2) is 0 Å². The van der Waals surface area contributed by atoms with Crippen LogP contribution in [0.2, 0.25) is 0 Å². The van der Waals surface area contributed by atoms with E-state index in [0.717, 1.165) is 6.07 Å². The van der Waals surface area contributed by atoms with Crippen molar-refractivity contribution in [3.63, 3.8) is 0 Å². The second kappa shape index (κ2) is 5.77. The minimum absolute atomic E-state index is 0.0380. The van der Waals surface area contributed by atoms with Crippen LogP contribution in [0.5, 0.6) is 6.01 Å². The molecular formula is C11H10FN7O. The molecule has 8 nitrogen and oxygen atoms in total. The maximum absolute atomic E-state index is 13.0. The van der Waals surface area contributed by atoms with Crippen LogP contribution in [0.15, 0.2) is 18.2 Å². The highest BCUT2D eigenvalue weighted by Gasteiger charge is 2.09. The van der Waals surface area contributed by atoms with Crippen LogP contribution < -0.4 is 21.3 Å². The molecule has 0 atom stereocenters. The number of nitrogens with one attached hydrogen (secondary N) is 2. The lowest BCUT2D eigenvalue weighted by Gasteiger charge is -2.08. The second-order valence-electron chi connectivity index (χ2n) is 3.54. The molecular weight excluding hydrogens is 265 g/mol. The zero-order chi connectivity index (χ0) is 14.5. The molecule has 0 bridgehead atoms. The van der Waals surface area contributed by atoms with Gasteiger partial charge in [-0.2, -0.15) is 20.2 Å². The fourth-order valence-electron chi connectivity index (χ4n) is 1.41. The molecule has 2 aromatic rings. The lowest BCUT2D eigenvalue weighted by atomic mass is 10.2. The van der Waals surface area contributed by atoms with Crippen molar-refractivity contribution in [1.82, 2.24) is 15.0 Å². The average Bonchev–Trinajstić information content (AvgIpc) is 2.48. The number of nitrogen functional groups attached to an aromatic ring is 1. The van der Waals surface area contributed by atoms with E-state index in [0.29, 0.717) is 5.69 Å². The molecule has 0 amide bonds. The van der Waals surface area contributed by atoms with E-state index in [9.17, 15) is 4.39 Å². The van der Waals surface area contributed by atoms with Gasteiger partial charge in [-0.25, -0.2) is 10.2 Å². The highest BCUT2D eigenvalue weighted by molar-refractivity contribution is 5.63. The molecule has 0 saturated carbocycles. The van der Waals surface area contributed by atoms with Crippen molar-refractivity contribution in [3.05, 3.63) is 29.6 Å². The van der Waals surface area contributed by atoms with E-state index < -0.39 is 5.82 Å². The van der Waals surface area contributed by atoms with Gasteiger partial charge in [0.1, 0.15) is 11.9 Å². The summed E-state index contributed by atoms with van der Waals surface area (Å²) in [5, 5.41) is 11.7. The first-order chi connectivity index (χ1) is 9.66. The third-order valence-electron chi connectivity index (χ3n) is 2.28. The topological polar surface area (TPSA) is 122 Å². The van der Waals surface area contributed by atoms with Crippen LogP contribution >= 0.6 is 0 Å². The SMILES string of the molecule is COc1nc(NN)nc(Nc2ccc(F)cc2C#N)n1. The van der Waals surface area contributed by atoms with E-state index in [4.69, 9.17) is 15.8 Å². The van der Waals surface area contributed by atoms with Crippen LogP contribution in [0.1, 0.15) is 5.56 Å². The number of anilines is 3. The molecule has 0 aliphatic heterocycles. The van der Waals surface area contributed by atoms with Crippen molar-refractivity contribution in [2.45, 2.75) is 0 Å². The van der Waals surface area contributed by atoms with Gasteiger partial charge in [-0.05, 0) is 18.2 Å². The number of aromatic nitrogens is 3. The smallest absolute Gasteiger partial charge is 0.322 e. The van der Waals surface area contributed by atoms with E-state index in [1.165, 1.54) is 19.2 Å². The molecule has 2 rings (SSSR count). The Kier molecular flexibility index (Phi) is 3.88. The van der Waals surface area contributed by atoms with Crippen molar-refractivity contribution in [2.75, 3.05) is 17.9 Å². The third kappa shape index (κ3) is 2.88. The molecule has 0 saturated heterocycles. The van der Waals surface area contributed by atoms with E-state index in [2.05, 4.69) is 25.7 Å². The number of hydrazine groups is 1. The summed E-state index contributed by atoms with van der Waals surface area (Å²) in [6.07, 6.45) is 0. The van der Waals surface area contributed by atoms with Crippen LogP contribution in [0.4, 0.5) is 22.0 Å². The van der Waals surface area contributed by atoms with E-state index in [1.807, 2.05) is 6.07 Å². The van der Waals surface area contributed by atoms with Gasteiger partial charge in [0, 0.05) is 0 Å². The number of methoxy groups -OCH3 is 1. The van der Waals surface area contributed by atoms with Crippen molar-refractivity contribution in [1.29, 1.82) is 5.26 Å². The molecule has 1 heterocycles. The van der Waals surface area contributed by atoms with Crippen molar-refractivity contribution in [3.8, 4) is 12.1 Å². The molecule has 0 radical (unpaired) electrons. The Balaban J connectivity index is 2.37. The normalized spacial score (nSPS) is 9.70. The Hall–Kier alpha value is -2.99. The van der Waals surface area contributed by atoms with Gasteiger partial charge in [0.2, 0.25) is 11.9 Å². The summed E-state index contributed by atoms with van der Waals surface area (Å²) < 4.78 is 17.9. The Bertz CT molecular complexity index is 648. The van der Waals surface area contributed by atoms with Crippen LogP contribution in [-0.2, 0) is 0 Å². The maximum Gasteiger partial charge on any atom is 0.322 e. The number of rotatable bonds is 4. The van der Waals surface area contributed by atoms with E-state index >= 15 is 0 Å². The van der Waals surface area contributed by atoms with Crippen molar-refractivity contribution < 1.29 is 9.13 Å². The van der Waals surface area contributed by atoms with Crippen LogP contribution in [0.3, 0.4) is 0 Å². The summed E-state index contributed by atoms with van der Waals surface area (Å²) in [5.74, 6) is 4.90. The standard InChI is InChI=1S/C11H10FN7O/c1-20-11-17-9(16-10(18-11)19-14)15-8-3-2-7(12)4-6(8)5-13/h2-4H,14H2,1H3,(H2,15,16,17,18,19). The predicted molar refractivity (Wildman–Crippen MR) is 68.6 cm³/mol. The Morgan fingerprint density at radius 2 is 2.05 bits per heavy atom. The number of nitrogens with zero attached hydrogens (tertiary/aromatic N) is 4. The number of halogens is 1. The zero-order valence-electron chi connectivity index (χ0n) is 10.4. The molecule has 0 aliphatic rings. The molecule has 9 heteroatoms. The number of nitrogens with two attached hydrogens (primary N) is 1. The molecule has 0 aliphatic carbocycles. The first-order valence-corrected chi connectivity index (χ1v) is 5.39. The summed E-state index contributed by atoms with van der Waals surface area (Å²) in [6, 6.07) is 5.62. The van der Waals surface area contributed by atoms with Gasteiger partial charge >= 0.3 is 6.01 Å². The largest absolute Gasteiger partial charge is 0.467 e. The maximum atomic E-state index is 13.0. The molecule has 0 unspecified atom stereocenters. The third-order valence-corrected chi connectivity index (χ3v) is 2.28. The molecule has 102 valence electrons. The molecule has 1 aromatic carbocycles. The van der Waals surface area contributed by atoms with Crippen molar-refractivity contribution in [2.24, 2.45) is 5.84 Å². The van der Waals surface area contributed by atoms with E-state index in [1.54, 1.807) is 0 Å². The zero-order valence-corrected chi connectivity index (χ0v) is 10.4. The van der Waals surface area contributed by atoms with Crippen LogP contribution in [0, 0.1) is 17.1 Å². The summed E-state index contributed by atoms with van der Waals surface area (Å²) in [7, 11) is 1.39. The molecule has 4 N–H and O–H groups in total. The van der Waals surface area contributed by atoms with Gasteiger partial charge < -0.3 is 10.1 Å². The van der Waals surface area contributed by atoms with Crippen LogP contribution in [0.25, 0.3) is 0 Å². The van der Waals surface area contributed by atoms with Gasteiger partial charge in [0.05, 0.1) is 18.4 Å². The number of hydrogen-bond donors (Lipinski definition) is 3. The quantitative estimate of drug-likeness (QED) is 0.556. The monoisotopic (exact) mass is 275 g/mol. The Morgan fingerprint density at radius 3 is 2.70 bits per heavy atom. The van der Waals surface area contributed by atoms with Gasteiger partial charge in [-0.1, -0.05) is 0 Å². The Labute approximate surface area is 113 Å². The highest BCUT2D eigenvalue weighted by Crippen LogP contribution is 2.20. The molecule has 20 heavy (non-hydrogen) atoms. The molecule has 0 fully saturated rings. The number of ether oxygens (including phenoxy) is 1. The number of nitriles is 1. The number of hydrogen-bond acceptors (Lipinski definition) is 8. The summed E-state index contributed by atoms with van der Waals surface area (Å²) >= 11 is 0. The minimum Gasteiger partial charge on any atom is -0.467 e. The lowest BCUT2D eigenvalue weighted by molar-refractivity contribution is 0.379. The summed E-state index contributed by atoms with van der Waals surface area (Å²) in [4.78, 5) is 11.7. The minimum atomic E-state index is -0.510. The predicted octanol–water partition coefficient (Wildman–Crippen LogP) is 0.920. The van der Waals surface area contributed by atoms with Gasteiger partial charge in [0.25, 0.3) is 0 Å². The first kappa shape index (κ1) is 13.4. The highest BCUT2D eigenvalue weighted by atomic mass is 19.1. The van der Waals surface area contributed by atoms with Crippen molar-refractivity contribution >= 4 is 17.6 Å². The summed E-state index contributed by atoms with van der Waals surface area (Å²) in [6.45, 7) is 0. The summed E-state index contributed by atoms with van der Waals surface area (Å²) in [5.41, 5.74) is 2.73. The second-order valence-corrected chi connectivity index (χ2v) is 3.54. The number of benzene rings is 1.